The summed E-state index contributed by atoms with van der Waals surface area (Å²) < 4.78 is 4.69. The fraction of sp³-hybridized carbons (Fsp3) is 0.750. The number of hydrogen-bond donors (Lipinski definition) is 1. The SMILES string of the molecule is O=C([O-])C1COCN1.[Na+]. The summed E-state index contributed by atoms with van der Waals surface area (Å²) in [5, 5.41) is 12.5. The molecule has 1 atom stereocenters. The zero-order valence-electron chi connectivity index (χ0n) is 5.22. The Morgan fingerprint density at radius 2 is 2.44 bits per heavy atom. The first-order valence-corrected chi connectivity index (χ1v) is 2.32. The van der Waals surface area contributed by atoms with Crippen LogP contribution in [0.2, 0.25) is 0 Å². The van der Waals surface area contributed by atoms with E-state index in [1.54, 1.807) is 0 Å². The van der Waals surface area contributed by atoms with E-state index in [2.05, 4.69) is 10.1 Å². The van der Waals surface area contributed by atoms with Crippen LogP contribution in [0.1, 0.15) is 0 Å². The van der Waals surface area contributed by atoms with Gasteiger partial charge in [0.25, 0.3) is 0 Å². The minimum atomic E-state index is -1.09. The summed E-state index contributed by atoms with van der Waals surface area (Å²) in [4.78, 5) is 9.95. The van der Waals surface area contributed by atoms with Crippen molar-refractivity contribution in [3.63, 3.8) is 0 Å². The number of carboxylic acids is 1. The standard InChI is InChI=1S/C4H7NO3.Na/c6-4(7)3-1-8-2-5-3;/h3,5H,1-2H2,(H,6,7);/q;+1/p-1. The summed E-state index contributed by atoms with van der Waals surface area (Å²) >= 11 is 0. The van der Waals surface area contributed by atoms with Crippen molar-refractivity contribution in [2.45, 2.75) is 6.04 Å². The molecule has 0 radical (unpaired) electrons. The van der Waals surface area contributed by atoms with Gasteiger partial charge in [-0.15, -0.1) is 0 Å². The van der Waals surface area contributed by atoms with Gasteiger partial charge in [-0.25, -0.2) is 0 Å². The van der Waals surface area contributed by atoms with Gasteiger partial charge >= 0.3 is 29.6 Å². The first kappa shape index (κ1) is 9.39. The van der Waals surface area contributed by atoms with E-state index in [4.69, 9.17) is 0 Å². The quantitative estimate of drug-likeness (QED) is 0.368. The van der Waals surface area contributed by atoms with Crippen molar-refractivity contribution in [2.24, 2.45) is 0 Å². The molecule has 0 aromatic heterocycles. The van der Waals surface area contributed by atoms with Crippen LogP contribution in [-0.2, 0) is 9.53 Å². The number of carbonyl (C=O) groups is 1. The van der Waals surface area contributed by atoms with Crippen LogP contribution in [0.3, 0.4) is 0 Å². The fourth-order valence-corrected chi connectivity index (χ4v) is 0.547. The van der Waals surface area contributed by atoms with Crippen LogP contribution in [-0.4, -0.2) is 25.3 Å². The summed E-state index contributed by atoms with van der Waals surface area (Å²) in [6.45, 7) is 0.543. The van der Waals surface area contributed by atoms with Gasteiger partial charge in [-0.3, -0.25) is 5.32 Å². The van der Waals surface area contributed by atoms with E-state index in [0.29, 0.717) is 6.73 Å². The maximum atomic E-state index is 9.95. The topological polar surface area (TPSA) is 61.4 Å². The van der Waals surface area contributed by atoms with Gasteiger partial charge < -0.3 is 14.6 Å². The van der Waals surface area contributed by atoms with E-state index in [-0.39, 0.29) is 36.2 Å². The van der Waals surface area contributed by atoms with Crippen molar-refractivity contribution >= 4 is 5.97 Å². The molecular formula is C4H6NNaO3. The molecule has 1 rings (SSSR count). The van der Waals surface area contributed by atoms with E-state index >= 15 is 0 Å². The molecular weight excluding hydrogens is 133 g/mol. The summed E-state index contributed by atoms with van der Waals surface area (Å²) in [5.74, 6) is -1.09. The van der Waals surface area contributed by atoms with Crippen LogP contribution < -0.4 is 40.0 Å². The van der Waals surface area contributed by atoms with Gasteiger partial charge in [-0.1, -0.05) is 0 Å². The molecule has 9 heavy (non-hydrogen) atoms. The predicted molar refractivity (Wildman–Crippen MR) is 22.7 cm³/mol. The second kappa shape index (κ2) is 4.24. The van der Waals surface area contributed by atoms with Crippen molar-refractivity contribution < 1.29 is 44.2 Å². The third-order valence-corrected chi connectivity index (χ3v) is 1.00. The second-order valence-corrected chi connectivity index (χ2v) is 1.59. The van der Waals surface area contributed by atoms with Crippen LogP contribution >= 0.6 is 0 Å². The molecule has 1 N–H and O–H groups in total. The molecule has 46 valence electrons. The van der Waals surface area contributed by atoms with Gasteiger partial charge in [0, 0.05) is 0 Å². The molecule has 0 aromatic rings. The number of nitrogens with one attached hydrogen (secondary N) is 1. The van der Waals surface area contributed by atoms with Crippen LogP contribution in [0.25, 0.3) is 0 Å². The molecule has 1 aliphatic rings. The fourth-order valence-electron chi connectivity index (χ4n) is 0.547. The minimum absolute atomic E-state index is 0. The summed E-state index contributed by atoms with van der Waals surface area (Å²) in [6.07, 6.45) is 0. The van der Waals surface area contributed by atoms with Crippen molar-refractivity contribution in [1.29, 1.82) is 0 Å². The van der Waals surface area contributed by atoms with E-state index in [9.17, 15) is 9.90 Å². The third kappa shape index (κ3) is 2.64. The molecule has 5 heteroatoms. The number of ether oxygens (including phenoxy) is 1. The molecule has 1 aliphatic heterocycles. The average molecular weight is 139 g/mol. The van der Waals surface area contributed by atoms with Crippen LogP contribution in [0, 0.1) is 0 Å². The first-order chi connectivity index (χ1) is 3.80. The molecule has 0 aliphatic carbocycles. The third-order valence-electron chi connectivity index (χ3n) is 1.00. The van der Waals surface area contributed by atoms with Gasteiger partial charge in [0.2, 0.25) is 0 Å². The maximum absolute atomic E-state index is 9.95. The molecule has 0 spiro atoms. The number of carboxylic acid groups (broad SMARTS) is 1. The number of hydrogen-bond acceptors (Lipinski definition) is 4. The Balaban J connectivity index is 0.000000640. The number of rotatable bonds is 1. The largest absolute Gasteiger partial charge is 1.00 e. The Morgan fingerprint density at radius 1 is 1.78 bits per heavy atom. The maximum Gasteiger partial charge on any atom is 1.00 e. The Morgan fingerprint density at radius 3 is 2.67 bits per heavy atom. The summed E-state index contributed by atoms with van der Waals surface area (Å²) in [7, 11) is 0. The van der Waals surface area contributed by atoms with Gasteiger partial charge in [0.15, 0.2) is 0 Å². The molecule has 1 unspecified atom stereocenters. The van der Waals surface area contributed by atoms with Crippen LogP contribution in [0.5, 0.6) is 0 Å². The molecule has 4 nitrogen and oxygen atoms in total. The van der Waals surface area contributed by atoms with Gasteiger partial charge in [-0.05, 0) is 0 Å². The van der Waals surface area contributed by atoms with E-state index in [1.807, 2.05) is 0 Å². The monoisotopic (exact) mass is 139 g/mol. The number of carbonyl (C=O) groups excluding carboxylic acids is 1. The normalized spacial score (nSPS) is 25.1. The average Bonchev–Trinajstić information content (AvgIpc) is 2.12. The molecule has 0 saturated carbocycles. The zero-order chi connectivity index (χ0) is 5.98. The Labute approximate surface area is 74.9 Å². The summed E-state index contributed by atoms with van der Waals surface area (Å²) in [6, 6.07) is -0.602. The molecule has 0 aromatic carbocycles. The van der Waals surface area contributed by atoms with Gasteiger partial charge in [-0.2, -0.15) is 0 Å². The van der Waals surface area contributed by atoms with Crippen LogP contribution in [0.4, 0.5) is 0 Å². The predicted octanol–water partition coefficient (Wildman–Crippen LogP) is -5.31. The smallest absolute Gasteiger partial charge is 0.548 e. The van der Waals surface area contributed by atoms with Crippen molar-refractivity contribution in [1.82, 2.24) is 5.32 Å². The Hall–Kier alpha value is 0.390. The molecule has 1 heterocycles. The zero-order valence-corrected chi connectivity index (χ0v) is 7.22. The van der Waals surface area contributed by atoms with Gasteiger partial charge in [0.1, 0.15) is 0 Å². The summed E-state index contributed by atoms with van der Waals surface area (Å²) in [5.41, 5.74) is 0. The molecule has 0 amide bonds. The number of aliphatic carboxylic acids is 1. The minimum Gasteiger partial charge on any atom is -0.548 e. The van der Waals surface area contributed by atoms with Crippen molar-refractivity contribution in [2.75, 3.05) is 13.3 Å². The first-order valence-electron chi connectivity index (χ1n) is 2.32. The van der Waals surface area contributed by atoms with E-state index in [0.717, 1.165) is 0 Å². The molecule has 1 fully saturated rings. The molecule has 1 saturated heterocycles. The van der Waals surface area contributed by atoms with Gasteiger partial charge in [0.05, 0.1) is 25.3 Å². The molecule has 0 bridgehead atoms. The Bertz CT molecular complexity index is 102. The Kier molecular flexibility index (Phi) is 4.43. The van der Waals surface area contributed by atoms with E-state index in [1.165, 1.54) is 0 Å². The van der Waals surface area contributed by atoms with Crippen molar-refractivity contribution in [3.05, 3.63) is 0 Å². The second-order valence-electron chi connectivity index (χ2n) is 1.59. The van der Waals surface area contributed by atoms with E-state index < -0.39 is 12.0 Å². The van der Waals surface area contributed by atoms with Crippen LogP contribution in [0.15, 0.2) is 0 Å². The van der Waals surface area contributed by atoms with Crippen molar-refractivity contribution in [3.8, 4) is 0 Å².